The third-order valence-electron chi connectivity index (χ3n) is 6.99. The lowest BCUT2D eigenvalue weighted by Crippen LogP contribution is -2.37. The first-order valence-corrected chi connectivity index (χ1v) is 13.3. The Morgan fingerprint density at radius 3 is 2.24 bits per heavy atom. The van der Waals surface area contributed by atoms with E-state index >= 15 is 0 Å². The molecule has 1 fully saturated rings. The molecule has 0 radical (unpaired) electrons. The van der Waals surface area contributed by atoms with Gasteiger partial charge in [-0.15, -0.1) is 0 Å². The molecule has 182 valence electrons. The lowest BCUT2D eigenvalue weighted by Gasteiger charge is -2.38. The van der Waals surface area contributed by atoms with Crippen LogP contribution in [-0.2, 0) is 6.42 Å². The molecule has 3 aliphatic rings. The summed E-state index contributed by atoms with van der Waals surface area (Å²) in [6.45, 7) is 19.7. The SMILES string of the molecule is C=CC1=C(C)CCC(N(C(=C)c2ccc(-c3ccc4c(c3)CCO4)cc2)C2CC2)C1.CC.CC. The maximum Gasteiger partial charge on any atom is 0.122 e. The molecule has 0 spiro atoms. The van der Waals surface area contributed by atoms with Gasteiger partial charge in [0.2, 0.25) is 0 Å². The summed E-state index contributed by atoms with van der Waals surface area (Å²) < 4.78 is 5.65. The first-order valence-electron chi connectivity index (χ1n) is 13.3. The van der Waals surface area contributed by atoms with E-state index in [4.69, 9.17) is 4.74 Å². The van der Waals surface area contributed by atoms with Crippen LogP contribution in [0, 0.1) is 0 Å². The topological polar surface area (TPSA) is 12.5 Å². The number of hydrogen-bond donors (Lipinski definition) is 0. The minimum atomic E-state index is 0.540. The Morgan fingerprint density at radius 1 is 0.912 bits per heavy atom. The van der Waals surface area contributed by atoms with E-state index in [9.17, 15) is 0 Å². The van der Waals surface area contributed by atoms with Gasteiger partial charge >= 0.3 is 0 Å². The van der Waals surface area contributed by atoms with Crippen LogP contribution < -0.4 is 4.74 Å². The summed E-state index contributed by atoms with van der Waals surface area (Å²) in [6, 6.07) is 16.7. The van der Waals surface area contributed by atoms with Crippen LogP contribution >= 0.6 is 0 Å². The van der Waals surface area contributed by atoms with Crippen molar-refractivity contribution in [2.24, 2.45) is 0 Å². The van der Waals surface area contributed by atoms with Crippen LogP contribution in [0.1, 0.15) is 77.8 Å². The highest BCUT2D eigenvalue weighted by atomic mass is 16.5. The number of ether oxygens (including phenoxy) is 1. The molecule has 2 nitrogen and oxygen atoms in total. The van der Waals surface area contributed by atoms with Crippen molar-refractivity contribution in [2.45, 2.75) is 85.2 Å². The van der Waals surface area contributed by atoms with Crippen molar-refractivity contribution in [2.75, 3.05) is 6.61 Å². The number of nitrogens with zero attached hydrogens (tertiary/aromatic N) is 1. The summed E-state index contributed by atoms with van der Waals surface area (Å²) in [6.07, 6.45) is 9.13. The van der Waals surface area contributed by atoms with E-state index in [0.29, 0.717) is 12.1 Å². The first kappa shape index (κ1) is 25.9. The minimum Gasteiger partial charge on any atom is -0.493 e. The Kier molecular flexibility index (Phi) is 9.21. The van der Waals surface area contributed by atoms with Crippen molar-refractivity contribution in [3.05, 3.63) is 84.0 Å². The molecule has 0 aromatic heterocycles. The van der Waals surface area contributed by atoms with Gasteiger partial charge in [-0.05, 0) is 79.0 Å². The first-order chi connectivity index (χ1) is 16.6. The second kappa shape index (κ2) is 12.1. The molecule has 34 heavy (non-hydrogen) atoms. The number of fused-ring (bicyclic) bond motifs is 1. The molecule has 0 amide bonds. The van der Waals surface area contributed by atoms with Crippen LogP contribution in [-0.4, -0.2) is 23.6 Å². The molecule has 1 atom stereocenters. The molecule has 0 bridgehead atoms. The van der Waals surface area contributed by atoms with Gasteiger partial charge in [0.1, 0.15) is 5.75 Å². The second-order valence-electron chi connectivity index (χ2n) is 8.99. The van der Waals surface area contributed by atoms with Gasteiger partial charge in [0.05, 0.1) is 6.61 Å². The lowest BCUT2D eigenvalue weighted by molar-refractivity contribution is 0.261. The molecule has 1 heterocycles. The van der Waals surface area contributed by atoms with Crippen LogP contribution in [0.4, 0.5) is 0 Å². The molecule has 2 aromatic rings. The molecule has 0 N–H and O–H groups in total. The normalized spacial score (nSPS) is 18.4. The summed E-state index contributed by atoms with van der Waals surface area (Å²) >= 11 is 0. The predicted octanol–water partition coefficient (Wildman–Crippen LogP) is 8.83. The fourth-order valence-electron chi connectivity index (χ4n) is 5.03. The van der Waals surface area contributed by atoms with E-state index in [1.165, 1.54) is 64.8 Å². The summed E-state index contributed by atoms with van der Waals surface area (Å²) in [5.41, 5.74) is 9.19. The zero-order chi connectivity index (χ0) is 24.7. The van der Waals surface area contributed by atoms with Crippen LogP contribution in [0.2, 0.25) is 0 Å². The van der Waals surface area contributed by atoms with Gasteiger partial charge in [0, 0.05) is 24.2 Å². The second-order valence-corrected chi connectivity index (χ2v) is 8.99. The van der Waals surface area contributed by atoms with Crippen molar-refractivity contribution in [3.8, 4) is 16.9 Å². The van der Waals surface area contributed by atoms with Crippen molar-refractivity contribution in [3.63, 3.8) is 0 Å². The molecule has 0 saturated heterocycles. The summed E-state index contributed by atoms with van der Waals surface area (Å²) in [5.74, 6) is 1.04. The number of allylic oxidation sites excluding steroid dienone is 2. The van der Waals surface area contributed by atoms with Crippen molar-refractivity contribution < 1.29 is 4.74 Å². The Bertz CT molecular complexity index is 1010. The average molecular weight is 458 g/mol. The Morgan fingerprint density at radius 2 is 1.59 bits per heavy atom. The van der Waals surface area contributed by atoms with E-state index < -0.39 is 0 Å². The fraction of sp³-hybridized carbons (Fsp3) is 0.438. The van der Waals surface area contributed by atoms with E-state index in [2.05, 4.69) is 73.5 Å². The number of benzene rings is 2. The minimum absolute atomic E-state index is 0.540. The molecular weight excluding hydrogens is 414 g/mol. The van der Waals surface area contributed by atoms with E-state index in [0.717, 1.165) is 25.2 Å². The Labute approximate surface area is 208 Å². The lowest BCUT2D eigenvalue weighted by atomic mass is 9.87. The van der Waals surface area contributed by atoms with Gasteiger partial charge in [-0.2, -0.15) is 0 Å². The molecule has 1 aliphatic heterocycles. The van der Waals surface area contributed by atoms with Crippen LogP contribution in [0.25, 0.3) is 16.8 Å². The molecule has 2 aliphatic carbocycles. The van der Waals surface area contributed by atoms with E-state index in [-0.39, 0.29) is 0 Å². The maximum absolute atomic E-state index is 5.65. The van der Waals surface area contributed by atoms with Crippen LogP contribution in [0.5, 0.6) is 5.75 Å². The molecule has 1 saturated carbocycles. The predicted molar refractivity (Wildman–Crippen MR) is 148 cm³/mol. The molecule has 1 unspecified atom stereocenters. The number of rotatable bonds is 6. The maximum atomic E-state index is 5.65. The third kappa shape index (κ3) is 5.66. The van der Waals surface area contributed by atoms with Crippen molar-refractivity contribution in [1.29, 1.82) is 0 Å². The number of hydrogen-bond acceptors (Lipinski definition) is 2. The largest absolute Gasteiger partial charge is 0.493 e. The summed E-state index contributed by atoms with van der Waals surface area (Å²) in [5, 5.41) is 0. The molecular formula is C32H43NO. The van der Waals surface area contributed by atoms with Crippen LogP contribution in [0.15, 0.2) is 72.8 Å². The van der Waals surface area contributed by atoms with Gasteiger partial charge in [-0.1, -0.05) is 82.8 Å². The smallest absolute Gasteiger partial charge is 0.122 e. The third-order valence-corrected chi connectivity index (χ3v) is 6.99. The van der Waals surface area contributed by atoms with Crippen molar-refractivity contribution in [1.82, 2.24) is 4.90 Å². The highest BCUT2D eigenvalue weighted by Crippen LogP contribution is 2.40. The van der Waals surface area contributed by atoms with Gasteiger partial charge in [-0.25, -0.2) is 0 Å². The van der Waals surface area contributed by atoms with Crippen LogP contribution in [0.3, 0.4) is 0 Å². The van der Waals surface area contributed by atoms with Gasteiger partial charge in [0.15, 0.2) is 0 Å². The standard InChI is InChI=1S/C28H31NO.2C2H6/c1-4-21-18-27(11-5-19(21)2)29(26-12-13-26)20(3)22-6-8-23(9-7-22)24-10-14-28-25(17-24)15-16-30-28;2*1-2/h4,6-10,14,17,26-27H,1,3,5,11-13,15-16,18H2,2H3;2*1-2H3. The van der Waals surface area contributed by atoms with Gasteiger partial charge in [-0.3, -0.25) is 0 Å². The zero-order valence-electron chi connectivity index (χ0n) is 22.0. The highest BCUT2D eigenvalue weighted by Gasteiger charge is 2.36. The van der Waals surface area contributed by atoms with E-state index in [1.807, 2.05) is 27.7 Å². The Hall–Kier alpha value is -2.74. The highest BCUT2D eigenvalue weighted by molar-refractivity contribution is 5.70. The van der Waals surface area contributed by atoms with Crippen molar-refractivity contribution >= 4 is 5.70 Å². The van der Waals surface area contributed by atoms with E-state index in [1.54, 1.807) is 0 Å². The molecule has 2 aromatic carbocycles. The van der Waals surface area contributed by atoms with Gasteiger partial charge in [0.25, 0.3) is 0 Å². The Balaban J connectivity index is 0.000000771. The van der Waals surface area contributed by atoms with Gasteiger partial charge < -0.3 is 9.64 Å². The molecule has 2 heteroatoms. The summed E-state index contributed by atoms with van der Waals surface area (Å²) in [7, 11) is 0. The average Bonchev–Trinajstić information content (AvgIpc) is 3.62. The quantitative estimate of drug-likeness (QED) is 0.429. The molecule has 5 rings (SSSR count). The summed E-state index contributed by atoms with van der Waals surface area (Å²) in [4.78, 5) is 2.62. The zero-order valence-corrected chi connectivity index (χ0v) is 22.0. The fourth-order valence-corrected chi connectivity index (χ4v) is 5.03. The monoisotopic (exact) mass is 457 g/mol.